The van der Waals surface area contributed by atoms with Crippen LogP contribution in [0.4, 0.5) is 0 Å². The fourth-order valence-corrected chi connectivity index (χ4v) is 5.80. The molecular weight excluding hydrogens is 616 g/mol. The normalized spacial score (nSPS) is 13.2. The number of rotatable bonds is 6. The molecule has 0 amide bonds. The fraction of sp³-hybridized carbons (Fsp3) is 0.263. The number of hydrogen-bond acceptors (Lipinski definition) is 10. The number of fused-ring (bicyclic) bond motifs is 4. The highest BCUT2D eigenvalue weighted by molar-refractivity contribution is 6.00. The van der Waals surface area contributed by atoms with Gasteiger partial charge in [-0.15, -0.1) is 0 Å². The Labute approximate surface area is 276 Å². The highest BCUT2D eigenvalue weighted by atomic mass is 16.5. The van der Waals surface area contributed by atoms with Gasteiger partial charge in [0.2, 0.25) is 0 Å². The van der Waals surface area contributed by atoms with Crippen LogP contribution in [-0.4, -0.2) is 34.0 Å². The lowest BCUT2D eigenvalue weighted by molar-refractivity contribution is 0.158. The third kappa shape index (κ3) is 5.74. The van der Waals surface area contributed by atoms with Crippen molar-refractivity contribution in [1.82, 2.24) is 0 Å². The molecule has 0 radical (unpaired) electrons. The second kappa shape index (κ2) is 12.5. The molecule has 0 atom stereocenters. The third-order valence-electron chi connectivity index (χ3n) is 8.06. The zero-order valence-electron chi connectivity index (χ0n) is 28.0. The van der Waals surface area contributed by atoms with Gasteiger partial charge in [0.25, 0.3) is 0 Å². The molecule has 0 saturated heterocycles. The third-order valence-corrected chi connectivity index (χ3v) is 8.06. The van der Waals surface area contributed by atoms with Crippen LogP contribution in [0.25, 0.3) is 50.1 Å². The minimum atomic E-state index is -0.507. The van der Waals surface area contributed by atoms with Crippen LogP contribution in [0.5, 0.6) is 28.7 Å². The van der Waals surface area contributed by atoms with Crippen molar-refractivity contribution in [1.29, 1.82) is 0 Å². The minimum absolute atomic E-state index is 0.220. The van der Waals surface area contributed by atoms with Gasteiger partial charge in [0.15, 0.2) is 5.75 Å². The number of furan rings is 1. The number of benzene rings is 3. The van der Waals surface area contributed by atoms with Gasteiger partial charge in [-0.25, -0.2) is 9.59 Å². The van der Waals surface area contributed by atoms with Crippen molar-refractivity contribution < 1.29 is 36.9 Å². The summed E-state index contributed by atoms with van der Waals surface area (Å²) in [5.41, 5.74) is 1.93. The maximum atomic E-state index is 12.9. The molecule has 10 nitrogen and oxygen atoms in total. The topological polar surface area (TPSA) is 120 Å². The molecule has 0 saturated carbocycles. The summed E-state index contributed by atoms with van der Waals surface area (Å²) in [5, 5.41) is 2.32. The quantitative estimate of drug-likeness (QED) is 0.162. The van der Waals surface area contributed by atoms with Gasteiger partial charge in [0.05, 0.1) is 39.4 Å². The minimum Gasteiger partial charge on any atom is -0.497 e. The first kappa shape index (κ1) is 32.3. The van der Waals surface area contributed by atoms with Crippen molar-refractivity contribution in [3.63, 3.8) is 0 Å². The summed E-state index contributed by atoms with van der Waals surface area (Å²) in [6.45, 7) is 7.99. The largest absolute Gasteiger partial charge is 0.497 e. The summed E-state index contributed by atoms with van der Waals surface area (Å²) in [6.07, 6.45) is 3.91. The lowest BCUT2D eigenvalue weighted by Gasteiger charge is -2.29. The SMILES string of the molecule is COc1c(C(C)C)oc2cc3oc(=O)ccc3cc12.COc1ccc(-c2c(OC)c3c(OC)c4c(cc3oc2=O)OC(C)(C)C=C4)cc1. The summed E-state index contributed by atoms with van der Waals surface area (Å²) in [6, 6.07) is 15.6. The van der Waals surface area contributed by atoms with Gasteiger partial charge >= 0.3 is 11.3 Å². The van der Waals surface area contributed by atoms with Crippen LogP contribution in [0.3, 0.4) is 0 Å². The maximum Gasteiger partial charge on any atom is 0.347 e. The summed E-state index contributed by atoms with van der Waals surface area (Å²) < 4.78 is 44.7. The lowest BCUT2D eigenvalue weighted by atomic mass is 9.98. The lowest BCUT2D eigenvalue weighted by Crippen LogP contribution is -2.27. The molecule has 1 aliphatic heterocycles. The molecule has 1 aliphatic rings. The molecule has 0 N–H and O–H groups in total. The Morgan fingerprint density at radius 2 is 1.42 bits per heavy atom. The van der Waals surface area contributed by atoms with Crippen LogP contribution < -0.4 is 34.9 Å². The van der Waals surface area contributed by atoms with E-state index in [1.54, 1.807) is 63.8 Å². The maximum absolute atomic E-state index is 12.9. The van der Waals surface area contributed by atoms with Crippen LogP contribution in [0.15, 0.2) is 83.5 Å². The Bertz CT molecular complexity index is 2300. The number of methoxy groups -OCH3 is 4. The molecule has 3 aromatic heterocycles. The van der Waals surface area contributed by atoms with Crippen LogP contribution in [-0.2, 0) is 0 Å². The van der Waals surface area contributed by atoms with Crippen molar-refractivity contribution in [3.05, 3.63) is 92.8 Å². The van der Waals surface area contributed by atoms with E-state index in [-0.39, 0.29) is 11.5 Å². The molecule has 0 fully saturated rings. The van der Waals surface area contributed by atoms with E-state index in [9.17, 15) is 9.59 Å². The van der Waals surface area contributed by atoms with Gasteiger partial charge in [-0.2, -0.15) is 0 Å². The molecule has 0 bridgehead atoms. The molecule has 0 unspecified atom stereocenters. The Balaban J connectivity index is 0.000000182. The van der Waals surface area contributed by atoms with Crippen LogP contribution in [0.2, 0.25) is 0 Å². The molecule has 48 heavy (non-hydrogen) atoms. The van der Waals surface area contributed by atoms with Crippen LogP contribution >= 0.6 is 0 Å². The van der Waals surface area contributed by atoms with Gasteiger partial charge < -0.3 is 36.9 Å². The van der Waals surface area contributed by atoms with E-state index in [1.807, 2.05) is 45.9 Å². The van der Waals surface area contributed by atoms with Gasteiger partial charge in [0.1, 0.15) is 62.1 Å². The van der Waals surface area contributed by atoms with E-state index in [4.69, 9.17) is 36.9 Å². The Morgan fingerprint density at radius 1 is 0.708 bits per heavy atom. The molecular formula is C38H36O10. The highest BCUT2D eigenvalue weighted by Gasteiger charge is 2.29. The first-order valence-corrected chi connectivity index (χ1v) is 15.3. The molecule has 4 heterocycles. The fourth-order valence-electron chi connectivity index (χ4n) is 5.80. The summed E-state index contributed by atoms with van der Waals surface area (Å²) >= 11 is 0. The smallest absolute Gasteiger partial charge is 0.347 e. The molecule has 10 heteroatoms. The van der Waals surface area contributed by atoms with Crippen molar-refractivity contribution in [2.45, 2.75) is 39.2 Å². The Hall–Kier alpha value is -5.64. The predicted octanol–water partition coefficient (Wildman–Crippen LogP) is 8.34. The number of hydrogen-bond donors (Lipinski definition) is 0. The van der Waals surface area contributed by atoms with E-state index >= 15 is 0 Å². The number of ether oxygens (including phenoxy) is 5. The van der Waals surface area contributed by atoms with E-state index < -0.39 is 11.2 Å². The first-order chi connectivity index (χ1) is 23.0. The molecule has 0 aliphatic carbocycles. The predicted molar refractivity (Wildman–Crippen MR) is 184 cm³/mol. The van der Waals surface area contributed by atoms with Gasteiger partial charge in [-0.1, -0.05) is 26.0 Å². The average molecular weight is 653 g/mol. The molecule has 7 rings (SSSR count). The Morgan fingerprint density at radius 3 is 2.06 bits per heavy atom. The second-order valence-electron chi connectivity index (χ2n) is 12.1. The van der Waals surface area contributed by atoms with Gasteiger partial charge in [-0.05, 0) is 55.8 Å². The Kier molecular flexibility index (Phi) is 8.43. The van der Waals surface area contributed by atoms with E-state index in [1.165, 1.54) is 13.2 Å². The standard InChI is InChI=1S/C23H22O6.C15H14O4/c1-23(2)11-10-15-16(29-23)12-17-19(20(15)26-4)21(27-5)18(22(24)28-17)13-6-8-14(25-3)9-7-13;1-8(2)14-15(17-3)10-6-9-4-5-13(16)18-11(9)7-12(10)19-14/h6-12H,1-5H3;4-8H,1-3H3. The zero-order valence-corrected chi connectivity index (χ0v) is 28.0. The summed E-state index contributed by atoms with van der Waals surface area (Å²) in [7, 11) is 6.31. The molecule has 6 aromatic rings. The molecule has 0 spiro atoms. The van der Waals surface area contributed by atoms with Crippen molar-refractivity contribution in [2.75, 3.05) is 28.4 Å². The van der Waals surface area contributed by atoms with Crippen molar-refractivity contribution in [3.8, 4) is 39.9 Å². The zero-order chi connectivity index (χ0) is 34.3. The van der Waals surface area contributed by atoms with Crippen LogP contribution in [0, 0.1) is 0 Å². The second-order valence-corrected chi connectivity index (χ2v) is 12.1. The van der Waals surface area contributed by atoms with E-state index in [2.05, 4.69) is 0 Å². The van der Waals surface area contributed by atoms with Gasteiger partial charge in [-0.3, -0.25) is 0 Å². The van der Waals surface area contributed by atoms with E-state index in [0.29, 0.717) is 56.3 Å². The van der Waals surface area contributed by atoms with Crippen LogP contribution in [0.1, 0.15) is 44.9 Å². The first-order valence-electron chi connectivity index (χ1n) is 15.3. The van der Waals surface area contributed by atoms with Crippen molar-refractivity contribution in [2.24, 2.45) is 0 Å². The molecule has 3 aromatic carbocycles. The highest BCUT2D eigenvalue weighted by Crippen LogP contribution is 2.47. The monoisotopic (exact) mass is 652 g/mol. The van der Waals surface area contributed by atoms with Gasteiger partial charge in [0, 0.05) is 29.5 Å². The van der Waals surface area contributed by atoms with E-state index in [0.717, 1.165) is 27.8 Å². The average Bonchev–Trinajstić information content (AvgIpc) is 3.43. The summed E-state index contributed by atoms with van der Waals surface area (Å²) in [5.74, 6) is 3.96. The van der Waals surface area contributed by atoms with Crippen molar-refractivity contribution >= 4 is 39.0 Å². The molecule has 248 valence electrons. The summed E-state index contributed by atoms with van der Waals surface area (Å²) in [4.78, 5) is 24.1.